The van der Waals surface area contributed by atoms with Crippen LogP contribution in [-0.2, 0) is 9.59 Å². The first-order valence-electron chi connectivity index (χ1n) is 3.82. The predicted molar refractivity (Wildman–Crippen MR) is 40.7 cm³/mol. The molecule has 0 aromatic rings. The molecule has 0 aromatic heterocycles. The van der Waals surface area contributed by atoms with Gasteiger partial charge in [-0.1, -0.05) is 13.3 Å². The van der Waals surface area contributed by atoms with Crippen LogP contribution >= 0.6 is 0 Å². The Hall–Kier alpha value is -0.860. The number of hydrogen-bond donors (Lipinski definition) is 1. The molecule has 1 aliphatic heterocycles. The number of carbonyl (C=O) groups excluding carboxylic acids is 2. The lowest BCUT2D eigenvalue weighted by Gasteiger charge is -2.10. The first kappa shape index (κ1) is 8.24. The molecule has 0 spiro atoms. The summed E-state index contributed by atoms with van der Waals surface area (Å²) in [5.41, 5.74) is 0. The van der Waals surface area contributed by atoms with E-state index >= 15 is 0 Å². The minimum absolute atomic E-state index is 0.0134. The maximum atomic E-state index is 10.8. The van der Waals surface area contributed by atoms with E-state index in [0.29, 0.717) is 6.42 Å². The van der Waals surface area contributed by atoms with Crippen LogP contribution in [0.1, 0.15) is 19.3 Å². The van der Waals surface area contributed by atoms with E-state index in [9.17, 15) is 9.59 Å². The zero-order valence-corrected chi connectivity index (χ0v) is 6.38. The van der Waals surface area contributed by atoms with Crippen molar-refractivity contribution >= 4 is 12.2 Å². The molecule has 1 N–H and O–H groups in total. The smallest absolute Gasteiger partial charge is 0.220 e. The minimum Gasteiger partial charge on any atom is -0.346 e. The lowest BCUT2D eigenvalue weighted by molar-refractivity contribution is -0.120. The van der Waals surface area contributed by atoms with Gasteiger partial charge in [-0.25, -0.2) is 0 Å². The molecule has 61 valence electrons. The fraction of sp³-hybridized carbons (Fsp3) is 0.625. The summed E-state index contributed by atoms with van der Waals surface area (Å²) in [6.45, 7) is 3.69. The lowest BCUT2D eigenvalue weighted by atomic mass is 9.96. The quantitative estimate of drug-likeness (QED) is 0.594. The van der Waals surface area contributed by atoms with Crippen LogP contribution in [0.25, 0.3) is 0 Å². The normalized spacial score (nSPS) is 30.1. The van der Waals surface area contributed by atoms with Gasteiger partial charge in [0.2, 0.25) is 5.91 Å². The molecule has 0 saturated carbocycles. The number of hydrogen-bond acceptors (Lipinski definition) is 2. The van der Waals surface area contributed by atoms with Crippen molar-refractivity contribution in [2.75, 3.05) is 0 Å². The largest absolute Gasteiger partial charge is 0.346 e. The Balaban J connectivity index is 2.49. The summed E-state index contributed by atoms with van der Waals surface area (Å²) in [7, 11) is 0. The third-order valence-electron chi connectivity index (χ3n) is 2.00. The van der Waals surface area contributed by atoms with E-state index in [1.54, 1.807) is 0 Å². The van der Waals surface area contributed by atoms with E-state index in [1.807, 2.05) is 0 Å². The third kappa shape index (κ3) is 1.79. The second kappa shape index (κ2) is 3.51. The van der Waals surface area contributed by atoms with Gasteiger partial charge in [-0.2, -0.15) is 0 Å². The molecule has 0 aromatic carbocycles. The molecule has 1 fully saturated rings. The van der Waals surface area contributed by atoms with Gasteiger partial charge in [0.15, 0.2) is 0 Å². The van der Waals surface area contributed by atoms with Crippen molar-refractivity contribution < 1.29 is 9.59 Å². The molecule has 3 heteroatoms. The van der Waals surface area contributed by atoms with Crippen molar-refractivity contribution in [1.29, 1.82) is 0 Å². The highest BCUT2D eigenvalue weighted by molar-refractivity contribution is 5.83. The average Bonchev–Trinajstić information content (AvgIpc) is 2.32. The Morgan fingerprint density at radius 3 is 3.00 bits per heavy atom. The first-order valence-corrected chi connectivity index (χ1v) is 3.82. The van der Waals surface area contributed by atoms with Crippen LogP contribution in [0.5, 0.6) is 0 Å². The van der Waals surface area contributed by atoms with E-state index in [1.165, 1.54) is 0 Å². The van der Waals surface area contributed by atoms with E-state index < -0.39 is 0 Å². The van der Waals surface area contributed by atoms with Crippen molar-refractivity contribution in [1.82, 2.24) is 5.32 Å². The standard InChI is InChI=1S/C8H12NO2/c1-2-3-6-4-8(11)9-7(6)5-10/h5-7H,1-4H2,(H,9,11)/t6?,7-/m0/s1. The van der Waals surface area contributed by atoms with Crippen molar-refractivity contribution in [3.05, 3.63) is 6.92 Å². The van der Waals surface area contributed by atoms with E-state index in [-0.39, 0.29) is 17.9 Å². The highest BCUT2D eigenvalue weighted by Crippen LogP contribution is 2.19. The Kier molecular flexibility index (Phi) is 2.63. The first-order chi connectivity index (χ1) is 5.27. The van der Waals surface area contributed by atoms with Crippen molar-refractivity contribution in [3.63, 3.8) is 0 Å². The van der Waals surface area contributed by atoms with Gasteiger partial charge >= 0.3 is 0 Å². The Labute approximate surface area is 66.2 Å². The summed E-state index contributed by atoms with van der Waals surface area (Å²) in [4.78, 5) is 21.2. The van der Waals surface area contributed by atoms with Crippen LogP contribution in [-0.4, -0.2) is 18.2 Å². The van der Waals surface area contributed by atoms with E-state index in [0.717, 1.165) is 19.1 Å². The summed E-state index contributed by atoms with van der Waals surface area (Å²) in [6.07, 6.45) is 2.93. The Morgan fingerprint density at radius 2 is 2.45 bits per heavy atom. The maximum absolute atomic E-state index is 10.8. The number of amides is 1. The average molecular weight is 154 g/mol. The Bertz CT molecular complexity index is 167. The SMILES string of the molecule is [CH2]CCC1CC(=O)N[C@H]1C=O. The van der Waals surface area contributed by atoms with Gasteiger partial charge < -0.3 is 10.1 Å². The molecular formula is C8H12NO2. The third-order valence-corrected chi connectivity index (χ3v) is 2.00. The number of carbonyl (C=O) groups is 2. The molecular weight excluding hydrogens is 142 g/mol. The predicted octanol–water partition coefficient (Wildman–Crippen LogP) is 0.304. The van der Waals surface area contributed by atoms with Gasteiger partial charge in [-0.15, -0.1) is 0 Å². The van der Waals surface area contributed by atoms with Crippen LogP contribution in [0.4, 0.5) is 0 Å². The van der Waals surface area contributed by atoms with Gasteiger partial charge in [0.1, 0.15) is 6.29 Å². The fourth-order valence-electron chi connectivity index (χ4n) is 1.42. The van der Waals surface area contributed by atoms with Crippen LogP contribution in [0.15, 0.2) is 0 Å². The zero-order chi connectivity index (χ0) is 8.27. The second-order valence-corrected chi connectivity index (χ2v) is 2.84. The highest BCUT2D eigenvalue weighted by atomic mass is 16.2. The summed E-state index contributed by atoms with van der Waals surface area (Å²) in [5.74, 6) is 0.165. The van der Waals surface area contributed by atoms with Gasteiger partial charge in [0.05, 0.1) is 6.04 Å². The van der Waals surface area contributed by atoms with E-state index in [2.05, 4.69) is 12.2 Å². The Morgan fingerprint density at radius 1 is 1.73 bits per heavy atom. The molecule has 1 saturated heterocycles. The van der Waals surface area contributed by atoms with Crippen LogP contribution < -0.4 is 5.32 Å². The number of aldehydes is 1. The lowest BCUT2D eigenvalue weighted by Crippen LogP contribution is -2.30. The summed E-state index contributed by atoms with van der Waals surface area (Å²) in [6, 6.07) is -0.260. The molecule has 1 unspecified atom stereocenters. The minimum atomic E-state index is -0.260. The van der Waals surface area contributed by atoms with Gasteiger partial charge in [-0.3, -0.25) is 4.79 Å². The molecule has 2 atom stereocenters. The molecule has 11 heavy (non-hydrogen) atoms. The van der Waals surface area contributed by atoms with Crippen molar-refractivity contribution in [3.8, 4) is 0 Å². The maximum Gasteiger partial charge on any atom is 0.220 e. The van der Waals surface area contributed by atoms with Gasteiger partial charge in [0.25, 0.3) is 0 Å². The van der Waals surface area contributed by atoms with Crippen molar-refractivity contribution in [2.45, 2.75) is 25.3 Å². The van der Waals surface area contributed by atoms with Gasteiger partial charge in [-0.05, 0) is 12.3 Å². The molecule has 1 amide bonds. The van der Waals surface area contributed by atoms with Crippen molar-refractivity contribution in [2.24, 2.45) is 5.92 Å². The number of nitrogens with one attached hydrogen (secondary N) is 1. The molecule has 1 heterocycles. The van der Waals surface area contributed by atoms with Crippen LogP contribution in [0.2, 0.25) is 0 Å². The monoisotopic (exact) mass is 154 g/mol. The summed E-state index contributed by atoms with van der Waals surface area (Å²) >= 11 is 0. The zero-order valence-electron chi connectivity index (χ0n) is 6.38. The van der Waals surface area contributed by atoms with Gasteiger partial charge in [0, 0.05) is 6.42 Å². The summed E-state index contributed by atoms with van der Waals surface area (Å²) in [5, 5.41) is 2.60. The topological polar surface area (TPSA) is 46.2 Å². The van der Waals surface area contributed by atoms with E-state index in [4.69, 9.17) is 0 Å². The summed E-state index contributed by atoms with van der Waals surface area (Å²) < 4.78 is 0. The highest BCUT2D eigenvalue weighted by Gasteiger charge is 2.30. The molecule has 1 rings (SSSR count). The molecule has 3 nitrogen and oxygen atoms in total. The van der Waals surface area contributed by atoms with Crippen LogP contribution in [0, 0.1) is 12.8 Å². The molecule has 0 bridgehead atoms. The van der Waals surface area contributed by atoms with Crippen LogP contribution in [0.3, 0.4) is 0 Å². The molecule has 1 radical (unpaired) electrons. The second-order valence-electron chi connectivity index (χ2n) is 2.84. The molecule has 0 aliphatic carbocycles. The molecule has 1 aliphatic rings. The number of rotatable bonds is 3. The fourth-order valence-corrected chi connectivity index (χ4v) is 1.42.